The standard InChI is InChI=1S/C10H11N5O3S/c1-6-12-9(15-14-6)10(16)13-7-2-4-8(5-3-7)19(11,17)18/h2-5H,1H3,(H,13,16)(H2,11,17,18)(H,12,14,15). The molecule has 2 rings (SSSR count). The Morgan fingerprint density at radius 3 is 2.42 bits per heavy atom. The van der Waals surface area contributed by atoms with Gasteiger partial charge in [-0.05, 0) is 31.2 Å². The summed E-state index contributed by atoms with van der Waals surface area (Å²) in [5.74, 6) is 0.0375. The zero-order chi connectivity index (χ0) is 14.0. The molecule has 8 nitrogen and oxygen atoms in total. The number of aryl methyl sites for hydroxylation is 1. The van der Waals surface area contributed by atoms with Crippen molar-refractivity contribution in [3.8, 4) is 0 Å². The predicted molar refractivity (Wildman–Crippen MR) is 66.9 cm³/mol. The minimum atomic E-state index is -3.74. The number of hydrogen-bond donors (Lipinski definition) is 3. The predicted octanol–water partition coefficient (Wildman–Crippen LogP) is 0.0128. The van der Waals surface area contributed by atoms with Gasteiger partial charge in [-0.2, -0.15) is 0 Å². The van der Waals surface area contributed by atoms with Crippen LogP contribution in [0.15, 0.2) is 29.2 Å². The quantitative estimate of drug-likeness (QED) is 0.729. The van der Waals surface area contributed by atoms with Crippen molar-refractivity contribution < 1.29 is 13.2 Å². The van der Waals surface area contributed by atoms with E-state index in [1.165, 1.54) is 24.3 Å². The molecule has 1 aromatic heterocycles. The maximum atomic E-state index is 11.7. The van der Waals surface area contributed by atoms with Crippen molar-refractivity contribution in [3.05, 3.63) is 35.9 Å². The van der Waals surface area contributed by atoms with E-state index >= 15 is 0 Å². The Hall–Kier alpha value is -2.26. The molecule has 0 spiro atoms. The zero-order valence-corrected chi connectivity index (χ0v) is 10.7. The average Bonchev–Trinajstić information content (AvgIpc) is 2.75. The third-order valence-corrected chi connectivity index (χ3v) is 3.17. The highest BCUT2D eigenvalue weighted by molar-refractivity contribution is 7.89. The monoisotopic (exact) mass is 281 g/mol. The van der Waals surface area contributed by atoms with Gasteiger partial charge in [0.15, 0.2) is 0 Å². The van der Waals surface area contributed by atoms with Crippen LogP contribution in [0.5, 0.6) is 0 Å². The van der Waals surface area contributed by atoms with Crippen LogP contribution in [0.1, 0.15) is 16.4 Å². The molecule has 0 aliphatic rings. The lowest BCUT2D eigenvalue weighted by Gasteiger charge is -2.03. The van der Waals surface area contributed by atoms with Crippen molar-refractivity contribution in [3.63, 3.8) is 0 Å². The normalized spacial score (nSPS) is 11.3. The third kappa shape index (κ3) is 3.14. The highest BCUT2D eigenvalue weighted by Crippen LogP contribution is 2.13. The first kappa shape index (κ1) is 13.2. The number of anilines is 1. The number of carbonyl (C=O) groups is 1. The average molecular weight is 281 g/mol. The fourth-order valence-electron chi connectivity index (χ4n) is 1.36. The number of primary sulfonamides is 1. The summed E-state index contributed by atoms with van der Waals surface area (Å²) in [5.41, 5.74) is 0.417. The van der Waals surface area contributed by atoms with E-state index in [1.54, 1.807) is 6.92 Å². The number of nitrogens with one attached hydrogen (secondary N) is 2. The first-order valence-electron chi connectivity index (χ1n) is 5.19. The molecule has 0 aliphatic carbocycles. The molecular formula is C10H11N5O3S. The summed E-state index contributed by atoms with van der Waals surface area (Å²) < 4.78 is 22.1. The molecule has 100 valence electrons. The Morgan fingerprint density at radius 1 is 1.32 bits per heavy atom. The van der Waals surface area contributed by atoms with Crippen LogP contribution in [0.3, 0.4) is 0 Å². The Morgan fingerprint density at radius 2 is 1.95 bits per heavy atom. The van der Waals surface area contributed by atoms with E-state index in [-0.39, 0.29) is 10.7 Å². The van der Waals surface area contributed by atoms with Crippen molar-refractivity contribution in [2.45, 2.75) is 11.8 Å². The summed E-state index contributed by atoms with van der Waals surface area (Å²) in [7, 11) is -3.74. The summed E-state index contributed by atoms with van der Waals surface area (Å²) in [6.45, 7) is 1.67. The summed E-state index contributed by atoms with van der Waals surface area (Å²) in [6, 6.07) is 5.46. The van der Waals surface area contributed by atoms with Gasteiger partial charge >= 0.3 is 0 Å². The van der Waals surface area contributed by atoms with Gasteiger partial charge in [0.2, 0.25) is 15.8 Å². The lowest BCUT2D eigenvalue weighted by atomic mass is 10.3. The van der Waals surface area contributed by atoms with E-state index in [0.717, 1.165) is 0 Å². The molecule has 0 bridgehead atoms. The molecule has 0 radical (unpaired) electrons. The molecule has 19 heavy (non-hydrogen) atoms. The number of sulfonamides is 1. The number of nitrogens with two attached hydrogens (primary N) is 1. The largest absolute Gasteiger partial charge is 0.319 e. The van der Waals surface area contributed by atoms with Gasteiger partial charge in [0.1, 0.15) is 5.82 Å². The molecule has 4 N–H and O–H groups in total. The lowest BCUT2D eigenvalue weighted by Crippen LogP contribution is -2.15. The van der Waals surface area contributed by atoms with Gasteiger partial charge in [-0.15, -0.1) is 5.10 Å². The number of amides is 1. The number of aromatic amines is 1. The Kier molecular flexibility index (Phi) is 3.32. The fraction of sp³-hybridized carbons (Fsp3) is 0.100. The van der Waals surface area contributed by atoms with E-state index in [1.807, 2.05) is 0 Å². The van der Waals surface area contributed by atoms with E-state index in [2.05, 4.69) is 20.5 Å². The van der Waals surface area contributed by atoms with Crippen molar-refractivity contribution in [2.75, 3.05) is 5.32 Å². The van der Waals surface area contributed by atoms with E-state index in [4.69, 9.17) is 5.14 Å². The van der Waals surface area contributed by atoms with E-state index in [0.29, 0.717) is 11.5 Å². The number of aromatic nitrogens is 3. The summed E-state index contributed by atoms with van der Waals surface area (Å²) in [4.78, 5) is 15.6. The SMILES string of the molecule is Cc1nc(C(=O)Nc2ccc(S(N)(=O)=O)cc2)n[nH]1. The number of benzene rings is 1. The van der Waals surface area contributed by atoms with Crippen LogP contribution in [0.25, 0.3) is 0 Å². The molecular weight excluding hydrogens is 270 g/mol. The molecule has 1 amide bonds. The maximum Gasteiger partial charge on any atom is 0.295 e. The number of nitrogens with zero attached hydrogens (tertiary/aromatic N) is 2. The van der Waals surface area contributed by atoms with Crippen LogP contribution in [-0.4, -0.2) is 29.5 Å². The molecule has 0 saturated carbocycles. The highest BCUT2D eigenvalue weighted by Gasteiger charge is 2.12. The molecule has 1 heterocycles. The molecule has 0 unspecified atom stereocenters. The van der Waals surface area contributed by atoms with Gasteiger partial charge in [-0.3, -0.25) is 9.89 Å². The number of rotatable bonds is 3. The van der Waals surface area contributed by atoms with Gasteiger partial charge in [0.05, 0.1) is 4.90 Å². The molecule has 0 atom stereocenters. The van der Waals surface area contributed by atoms with E-state index in [9.17, 15) is 13.2 Å². The molecule has 9 heteroatoms. The second-order valence-corrected chi connectivity index (χ2v) is 5.33. The number of carbonyl (C=O) groups excluding carboxylic acids is 1. The number of H-pyrrole nitrogens is 1. The molecule has 0 aliphatic heterocycles. The van der Waals surface area contributed by atoms with Gasteiger partial charge in [0.25, 0.3) is 5.91 Å². The molecule has 0 saturated heterocycles. The molecule has 2 aromatic rings. The third-order valence-electron chi connectivity index (χ3n) is 2.24. The smallest absolute Gasteiger partial charge is 0.295 e. The van der Waals surface area contributed by atoms with Crippen LogP contribution >= 0.6 is 0 Å². The minimum absolute atomic E-state index is 0.00743. The Bertz CT molecular complexity index is 705. The Labute approximate surface area is 109 Å². The first-order chi connectivity index (χ1) is 8.86. The van der Waals surface area contributed by atoms with Crippen LogP contribution in [0, 0.1) is 6.92 Å². The van der Waals surface area contributed by atoms with Crippen LogP contribution < -0.4 is 10.5 Å². The second-order valence-electron chi connectivity index (χ2n) is 3.77. The first-order valence-corrected chi connectivity index (χ1v) is 6.74. The van der Waals surface area contributed by atoms with Gasteiger partial charge in [0, 0.05) is 5.69 Å². The van der Waals surface area contributed by atoms with Crippen molar-refractivity contribution in [2.24, 2.45) is 5.14 Å². The van der Waals surface area contributed by atoms with Crippen molar-refractivity contribution >= 4 is 21.6 Å². The summed E-state index contributed by atoms with van der Waals surface area (Å²) in [5, 5.41) is 13.7. The topological polar surface area (TPSA) is 131 Å². The maximum absolute atomic E-state index is 11.7. The zero-order valence-electron chi connectivity index (χ0n) is 9.91. The summed E-state index contributed by atoms with van der Waals surface area (Å²) >= 11 is 0. The van der Waals surface area contributed by atoms with Crippen LogP contribution in [0.2, 0.25) is 0 Å². The van der Waals surface area contributed by atoms with Gasteiger partial charge in [-0.25, -0.2) is 18.5 Å². The van der Waals surface area contributed by atoms with Gasteiger partial charge in [-0.1, -0.05) is 0 Å². The lowest BCUT2D eigenvalue weighted by molar-refractivity contribution is 0.101. The minimum Gasteiger partial charge on any atom is -0.319 e. The van der Waals surface area contributed by atoms with Crippen LogP contribution in [0.4, 0.5) is 5.69 Å². The van der Waals surface area contributed by atoms with Crippen molar-refractivity contribution in [1.82, 2.24) is 15.2 Å². The number of hydrogen-bond acceptors (Lipinski definition) is 5. The van der Waals surface area contributed by atoms with Crippen LogP contribution in [-0.2, 0) is 10.0 Å². The molecule has 1 aromatic carbocycles. The Balaban J connectivity index is 2.14. The highest BCUT2D eigenvalue weighted by atomic mass is 32.2. The second kappa shape index (κ2) is 4.78. The fourth-order valence-corrected chi connectivity index (χ4v) is 1.87. The summed E-state index contributed by atoms with van der Waals surface area (Å²) in [6.07, 6.45) is 0. The van der Waals surface area contributed by atoms with Gasteiger partial charge < -0.3 is 5.32 Å². The van der Waals surface area contributed by atoms with Crippen molar-refractivity contribution in [1.29, 1.82) is 0 Å². The molecule has 0 fully saturated rings. The van der Waals surface area contributed by atoms with E-state index < -0.39 is 15.9 Å².